The Labute approximate surface area is 177 Å². The highest BCUT2D eigenvalue weighted by Crippen LogP contribution is 2.11. The first-order valence-electron chi connectivity index (χ1n) is 9.15. The molecule has 2 N–H and O–H groups in total. The molecule has 0 bridgehead atoms. The van der Waals surface area contributed by atoms with Gasteiger partial charge in [0.2, 0.25) is 0 Å². The molecule has 1 heterocycles. The molecule has 158 valence electrons. The molecule has 4 amide bonds. The van der Waals surface area contributed by atoms with Gasteiger partial charge in [-0.1, -0.05) is 36.4 Å². The predicted molar refractivity (Wildman–Crippen MR) is 107 cm³/mol. The molecule has 0 spiro atoms. The molecule has 2 aromatic carbocycles. The first kappa shape index (κ1) is 21.3. The highest BCUT2D eigenvalue weighted by molar-refractivity contribution is 6.03. The average Bonchev–Trinajstić information content (AvgIpc) is 3.25. The topological polar surface area (TPSA) is 124 Å². The molecule has 3 aromatic rings. The van der Waals surface area contributed by atoms with Crippen molar-refractivity contribution in [1.29, 1.82) is 0 Å². The molecule has 31 heavy (non-hydrogen) atoms. The van der Waals surface area contributed by atoms with Crippen molar-refractivity contribution in [2.75, 3.05) is 0 Å². The lowest BCUT2D eigenvalue weighted by molar-refractivity contribution is 0.0900. The quantitative estimate of drug-likeness (QED) is 0.624. The molecular formula is C22H18N2O7. The Hall–Kier alpha value is -4.40. The van der Waals surface area contributed by atoms with Crippen molar-refractivity contribution in [3.63, 3.8) is 0 Å². The zero-order valence-electron chi connectivity index (χ0n) is 16.2. The summed E-state index contributed by atoms with van der Waals surface area (Å²) < 4.78 is 15.2. The molecule has 0 radical (unpaired) electrons. The van der Waals surface area contributed by atoms with Crippen molar-refractivity contribution in [3.05, 3.63) is 95.4 Å². The number of alkyl carbamates (subject to hydrolysis) is 2. The fraction of sp³-hybridized carbons (Fsp3) is 0.0909. The summed E-state index contributed by atoms with van der Waals surface area (Å²) in [5, 5.41) is 4.19. The molecular weight excluding hydrogens is 404 g/mol. The van der Waals surface area contributed by atoms with E-state index in [1.54, 1.807) is 60.7 Å². The summed E-state index contributed by atoms with van der Waals surface area (Å²) >= 11 is 0. The Morgan fingerprint density at radius 2 is 1.00 bits per heavy atom. The summed E-state index contributed by atoms with van der Waals surface area (Å²) in [6.45, 7) is -0.459. The number of amides is 4. The molecule has 9 heteroatoms. The summed E-state index contributed by atoms with van der Waals surface area (Å²) in [5.41, 5.74) is 0.641. The first-order valence-corrected chi connectivity index (χ1v) is 9.15. The van der Waals surface area contributed by atoms with Crippen LogP contribution < -0.4 is 10.6 Å². The van der Waals surface area contributed by atoms with Gasteiger partial charge in [-0.3, -0.25) is 20.2 Å². The number of nitrogens with one attached hydrogen (secondary N) is 2. The Balaban J connectivity index is 1.40. The maximum Gasteiger partial charge on any atom is 0.414 e. The number of hydrogen-bond acceptors (Lipinski definition) is 7. The molecule has 0 aliphatic carbocycles. The van der Waals surface area contributed by atoms with Crippen molar-refractivity contribution in [2.45, 2.75) is 13.2 Å². The zero-order valence-corrected chi connectivity index (χ0v) is 16.2. The van der Waals surface area contributed by atoms with Gasteiger partial charge in [-0.25, -0.2) is 9.59 Å². The van der Waals surface area contributed by atoms with E-state index in [9.17, 15) is 19.2 Å². The van der Waals surface area contributed by atoms with Gasteiger partial charge in [0.1, 0.15) is 11.5 Å². The van der Waals surface area contributed by atoms with Gasteiger partial charge in [0.15, 0.2) is 13.2 Å². The third-order valence-corrected chi connectivity index (χ3v) is 3.91. The number of hydrogen-bond donors (Lipinski definition) is 2. The first-order chi connectivity index (χ1) is 15.0. The van der Waals surface area contributed by atoms with Crippen LogP contribution in [0.2, 0.25) is 0 Å². The predicted octanol–water partition coefficient (Wildman–Crippen LogP) is 3.41. The van der Waals surface area contributed by atoms with Crippen LogP contribution in [0.1, 0.15) is 32.2 Å². The van der Waals surface area contributed by atoms with Crippen LogP contribution in [0.4, 0.5) is 9.59 Å². The third kappa shape index (κ3) is 6.57. The second-order valence-electron chi connectivity index (χ2n) is 6.16. The zero-order chi connectivity index (χ0) is 22.1. The average molecular weight is 422 g/mol. The number of furan rings is 1. The van der Waals surface area contributed by atoms with E-state index in [1.807, 2.05) is 0 Å². The Bertz CT molecular complexity index is 978. The van der Waals surface area contributed by atoms with Crippen molar-refractivity contribution < 1.29 is 33.1 Å². The van der Waals surface area contributed by atoms with Gasteiger partial charge in [0, 0.05) is 11.1 Å². The highest BCUT2D eigenvalue weighted by Gasteiger charge is 2.14. The second-order valence-corrected chi connectivity index (χ2v) is 6.16. The minimum Gasteiger partial charge on any atom is -0.459 e. The SMILES string of the molecule is O=C(NC(=O)c1ccccc1)OCc1ccc(COC(=O)NC(=O)c2ccccc2)o1. The summed E-state index contributed by atoms with van der Waals surface area (Å²) in [6, 6.07) is 19.5. The monoisotopic (exact) mass is 422 g/mol. The molecule has 0 saturated carbocycles. The minimum absolute atomic E-state index is 0.230. The minimum atomic E-state index is -0.929. The molecule has 0 atom stereocenters. The van der Waals surface area contributed by atoms with Crippen LogP contribution in [-0.2, 0) is 22.7 Å². The van der Waals surface area contributed by atoms with E-state index in [0.29, 0.717) is 11.1 Å². The molecule has 9 nitrogen and oxygen atoms in total. The van der Waals surface area contributed by atoms with Gasteiger partial charge in [-0.15, -0.1) is 0 Å². The molecule has 0 aliphatic rings. The van der Waals surface area contributed by atoms with E-state index in [-0.39, 0.29) is 24.7 Å². The van der Waals surface area contributed by atoms with Crippen LogP contribution in [0.15, 0.2) is 77.2 Å². The van der Waals surface area contributed by atoms with Crippen LogP contribution in [0.25, 0.3) is 0 Å². The normalized spacial score (nSPS) is 10.1. The largest absolute Gasteiger partial charge is 0.459 e. The maximum atomic E-state index is 11.9. The van der Waals surface area contributed by atoms with E-state index < -0.39 is 24.0 Å². The Kier molecular flexibility index (Phi) is 7.15. The Morgan fingerprint density at radius 3 is 1.39 bits per heavy atom. The van der Waals surface area contributed by atoms with Crippen molar-refractivity contribution in [2.24, 2.45) is 0 Å². The van der Waals surface area contributed by atoms with Crippen molar-refractivity contribution in [1.82, 2.24) is 10.6 Å². The fourth-order valence-electron chi connectivity index (χ4n) is 2.43. The smallest absolute Gasteiger partial charge is 0.414 e. The van der Waals surface area contributed by atoms with Gasteiger partial charge >= 0.3 is 12.2 Å². The van der Waals surface area contributed by atoms with Gasteiger partial charge in [0.05, 0.1) is 0 Å². The van der Waals surface area contributed by atoms with Crippen LogP contribution in [0, 0.1) is 0 Å². The lowest BCUT2D eigenvalue weighted by Gasteiger charge is -2.05. The number of carbonyl (C=O) groups is 4. The van der Waals surface area contributed by atoms with E-state index in [2.05, 4.69) is 10.6 Å². The highest BCUT2D eigenvalue weighted by atomic mass is 16.6. The van der Waals surface area contributed by atoms with Crippen molar-refractivity contribution in [3.8, 4) is 0 Å². The van der Waals surface area contributed by atoms with Gasteiger partial charge in [-0.2, -0.15) is 0 Å². The number of benzene rings is 2. The summed E-state index contributed by atoms with van der Waals surface area (Å²) in [6.07, 6.45) is -1.86. The molecule has 0 fully saturated rings. The van der Waals surface area contributed by atoms with Crippen LogP contribution in [0.5, 0.6) is 0 Å². The molecule has 0 saturated heterocycles. The third-order valence-electron chi connectivity index (χ3n) is 3.91. The van der Waals surface area contributed by atoms with Gasteiger partial charge < -0.3 is 13.9 Å². The molecule has 0 aliphatic heterocycles. The standard InChI is InChI=1S/C22H18N2O7/c25-19(15-7-3-1-4-8-15)23-21(27)29-13-17-11-12-18(31-17)14-30-22(28)24-20(26)16-9-5-2-6-10-16/h1-12H,13-14H2,(H,23,25,27)(H,24,26,28). The molecule has 0 unspecified atom stereocenters. The number of imide groups is 2. The van der Waals surface area contributed by atoms with E-state index >= 15 is 0 Å². The summed E-state index contributed by atoms with van der Waals surface area (Å²) in [7, 11) is 0. The van der Waals surface area contributed by atoms with Gasteiger partial charge in [-0.05, 0) is 36.4 Å². The van der Waals surface area contributed by atoms with E-state index in [0.717, 1.165) is 0 Å². The van der Waals surface area contributed by atoms with Crippen molar-refractivity contribution >= 4 is 24.0 Å². The summed E-state index contributed by atoms with van der Waals surface area (Å²) in [5.74, 6) is -0.617. The Morgan fingerprint density at radius 1 is 0.613 bits per heavy atom. The number of carbonyl (C=O) groups excluding carboxylic acids is 4. The van der Waals surface area contributed by atoms with E-state index in [4.69, 9.17) is 13.9 Å². The lowest BCUT2D eigenvalue weighted by Crippen LogP contribution is -2.30. The van der Waals surface area contributed by atoms with E-state index in [1.165, 1.54) is 12.1 Å². The molecule has 1 aromatic heterocycles. The number of ether oxygens (including phenoxy) is 2. The fourth-order valence-corrected chi connectivity index (χ4v) is 2.43. The summed E-state index contributed by atoms with van der Waals surface area (Å²) in [4.78, 5) is 47.2. The van der Waals surface area contributed by atoms with Crippen LogP contribution in [0.3, 0.4) is 0 Å². The van der Waals surface area contributed by atoms with Crippen LogP contribution in [-0.4, -0.2) is 24.0 Å². The van der Waals surface area contributed by atoms with Gasteiger partial charge in [0.25, 0.3) is 11.8 Å². The maximum absolute atomic E-state index is 11.9. The van der Waals surface area contributed by atoms with Crippen LogP contribution >= 0.6 is 0 Å². The number of rotatable bonds is 6. The molecule has 3 rings (SSSR count). The lowest BCUT2D eigenvalue weighted by atomic mass is 10.2. The second kappa shape index (κ2) is 10.4.